The lowest BCUT2D eigenvalue weighted by Crippen LogP contribution is -2.04. The van der Waals surface area contributed by atoms with Gasteiger partial charge in [-0.1, -0.05) is 23.7 Å². The Bertz CT molecular complexity index is 1260. The number of hydrogen-bond acceptors (Lipinski definition) is 4. The molecule has 0 bridgehead atoms. The Morgan fingerprint density at radius 3 is 2.76 bits per heavy atom. The number of halogens is 1. The van der Waals surface area contributed by atoms with Crippen LogP contribution in [0.5, 0.6) is 11.6 Å². The molecule has 0 aliphatic heterocycles. The number of nitrogens with zero attached hydrogens (tertiary/aromatic N) is 1. The third kappa shape index (κ3) is 3.66. The second kappa shape index (κ2) is 7.34. The number of ether oxygens (including phenoxy) is 1. The molecule has 1 aromatic heterocycles. The van der Waals surface area contributed by atoms with Crippen molar-refractivity contribution < 1.29 is 9.53 Å². The minimum absolute atomic E-state index is 0.282. The highest BCUT2D eigenvalue weighted by molar-refractivity contribution is 6.31. The van der Waals surface area contributed by atoms with Crippen LogP contribution in [0.1, 0.15) is 27.0 Å². The number of nitrogens with one attached hydrogen (secondary N) is 1. The Kier molecular flexibility index (Phi) is 4.71. The lowest BCUT2D eigenvalue weighted by molar-refractivity contribution is 0.103. The normalized spacial score (nSPS) is 10.7. The van der Waals surface area contributed by atoms with Crippen molar-refractivity contribution in [3.63, 3.8) is 0 Å². The van der Waals surface area contributed by atoms with E-state index in [1.165, 1.54) is 0 Å². The maximum Gasteiger partial charge on any atom is 0.198 e. The van der Waals surface area contributed by atoms with Gasteiger partial charge in [-0.15, -0.1) is 0 Å². The van der Waals surface area contributed by atoms with E-state index in [9.17, 15) is 4.79 Å². The molecule has 29 heavy (non-hydrogen) atoms. The molecular formula is C23H16ClN3O2. The molecule has 0 spiro atoms. The van der Waals surface area contributed by atoms with E-state index in [1.54, 1.807) is 42.5 Å². The Morgan fingerprint density at radius 2 is 1.97 bits per heavy atom. The van der Waals surface area contributed by atoms with Gasteiger partial charge in [0.05, 0.1) is 22.7 Å². The van der Waals surface area contributed by atoms with Gasteiger partial charge in [0, 0.05) is 27.7 Å². The molecule has 0 atom stereocenters. The monoisotopic (exact) mass is 401 g/mol. The van der Waals surface area contributed by atoms with Gasteiger partial charge in [0.25, 0.3) is 0 Å². The number of hydrogen-bond donors (Lipinski definition) is 2. The van der Waals surface area contributed by atoms with Crippen molar-refractivity contribution in [2.75, 3.05) is 5.73 Å². The van der Waals surface area contributed by atoms with Crippen molar-refractivity contribution in [3.05, 3.63) is 87.9 Å². The van der Waals surface area contributed by atoms with Crippen LogP contribution in [0.15, 0.2) is 60.7 Å². The first kappa shape index (κ1) is 18.6. The molecule has 3 aromatic carbocycles. The highest BCUT2D eigenvalue weighted by atomic mass is 35.5. The van der Waals surface area contributed by atoms with Gasteiger partial charge < -0.3 is 15.5 Å². The van der Waals surface area contributed by atoms with E-state index >= 15 is 0 Å². The number of rotatable bonds is 4. The van der Waals surface area contributed by atoms with E-state index in [0.717, 1.165) is 16.5 Å². The van der Waals surface area contributed by atoms with Crippen molar-refractivity contribution in [2.45, 2.75) is 6.92 Å². The van der Waals surface area contributed by atoms with E-state index < -0.39 is 0 Å². The Morgan fingerprint density at radius 1 is 1.14 bits per heavy atom. The topological polar surface area (TPSA) is 91.9 Å². The smallest absolute Gasteiger partial charge is 0.198 e. The van der Waals surface area contributed by atoms with Gasteiger partial charge in [-0.25, -0.2) is 0 Å². The molecule has 0 fully saturated rings. The number of aryl methyl sites for hydroxylation is 1. The minimum Gasteiger partial charge on any atom is -0.440 e. The highest BCUT2D eigenvalue weighted by Gasteiger charge is 2.17. The first-order valence-corrected chi connectivity index (χ1v) is 9.23. The Labute approximate surface area is 172 Å². The molecule has 4 aromatic rings. The predicted molar refractivity (Wildman–Crippen MR) is 114 cm³/mol. The average Bonchev–Trinajstić information content (AvgIpc) is 3.10. The van der Waals surface area contributed by atoms with Crippen LogP contribution >= 0.6 is 11.6 Å². The number of carbonyl (C=O) groups excluding carboxylic acids is 1. The molecule has 142 valence electrons. The summed E-state index contributed by atoms with van der Waals surface area (Å²) in [5.74, 6) is 0.556. The summed E-state index contributed by atoms with van der Waals surface area (Å²) in [6, 6.07) is 19.1. The van der Waals surface area contributed by atoms with Gasteiger partial charge in [-0.05, 0) is 55.0 Å². The SMILES string of the molecule is Cc1cc2cc(Oc3ccc(Cl)cc3C(=O)c3cccc(C#N)c3)[nH]c2cc1N. The largest absolute Gasteiger partial charge is 0.440 e. The fourth-order valence-corrected chi connectivity index (χ4v) is 3.28. The van der Waals surface area contributed by atoms with Crippen LogP contribution in [-0.4, -0.2) is 10.8 Å². The van der Waals surface area contributed by atoms with E-state index in [2.05, 4.69) is 4.98 Å². The lowest BCUT2D eigenvalue weighted by Gasteiger charge is -2.10. The molecule has 0 radical (unpaired) electrons. The van der Waals surface area contributed by atoms with Crippen molar-refractivity contribution in [1.82, 2.24) is 4.98 Å². The Balaban J connectivity index is 1.73. The summed E-state index contributed by atoms with van der Waals surface area (Å²) in [5.41, 5.74) is 9.57. The van der Waals surface area contributed by atoms with Crippen LogP contribution in [0.3, 0.4) is 0 Å². The zero-order valence-electron chi connectivity index (χ0n) is 15.5. The number of fused-ring (bicyclic) bond motifs is 1. The van der Waals surface area contributed by atoms with E-state index in [-0.39, 0.29) is 5.78 Å². The van der Waals surface area contributed by atoms with Gasteiger partial charge >= 0.3 is 0 Å². The summed E-state index contributed by atoms with van der Waals surface area (Å²) >= 11 is 6.13. The van der Waals surface area contributed by atoms with Gasteiger partial charge in [0.15, 0.2) is 11.7 Å². The average molecular weight is 402 g/mol. The molecule has 5 nitrogen and oxygen atoms in total. The van der Waals surface area contributed by atoms with Crippen LogP contribution in [-0.2, 0) is 0 Å². The molecule has 4 rings (SSSR count). The molecule has 3 N–H and O–H groups in total. The summed E-state index contributed by atoms with van der Waals surface area (Å²) in [4.78, 5) is 16.2. The van der Waals surface area contributed by atoms with Crippen LogP contribution in [0, 0.1) is 18.3 Å². The van der Waals surface area contributed by atoms with Gasteiger partial charge in [0.1, 0.15) is 5.75 Å². The number of H-pyrrole nitrogens is 1. The quantitative estimate of drug-likeness (QED) is 0.343. The van der Waals surface area contributed by atoms with E-state index in [4.69, 9.17) is 27.3 Å². The first-order valence-electron chi connectivity index (χ1n) is 8.86. The number of anilines is 1. The lowest BCUT2D eigenvalue weighted by atomic mass is 10.0. The van der Waals surface area contributed by atoms with Gasteiger partial charge in [-0.2, -0.15) is 5.26 Å². The third-order valence-corrected chi connectivity index (χ3v) is 4.88. The molecule has 6 heteroatoms. The predicted octanol–water partition coefficient (Wildman–Crippen LogP) is 5.61. The minimum atomic E-state index is -0.282. The van der Waals surface area contributed by atoms with Crippen molar-refractivity contribution in [2.24, 2.45) is 0 Å². The molecule has 0 saturated carbocycles. The summed E-state index contributed by atoms with van der Waals surface area (Å²) in [5, 5.41) is 10.5. The van der Waals surface area contributed by atoms with E-state index in [0.29, 0.717) is 39.0 Å². The zero-order valence-corrected chi connectivity index (χ0v) is 16.2. The standard InChI is InChI=1S/C23H16ClN3O2/c1-13-7-16-9-22(27-20(16)11-19(13)26)29-21-6-5-17(24)10-18(21)23(28)15-4-2-3-14(8-15)12-25/h2-11,27H,26H2,1H3. The van der Waals surface area contributed by atoms with Crippen LogP contribution < -0.4 is 10.5 Å². The van der Waals surface area contributed by atoms with Crippen molar-refractivity contribution in [3.8, 4) is 17.7 Å². The first-order chi connectivity index (χ1) is 13.9. The van der Waals surface area contributed by atoms with Crippen LogP contribution in [0.4, 0.5) is 5.69 Å². The number of nitriles is 1. The van der Waals surface area contributed by atoms with Crippen LogP contribution in [0.25, 0.3) is 10.9 Å². The second-order valence-electron chi connectivity index (χ2n) is 6.69. The zero-order chi connectivity index (χ0) is 20.5. The summed E-state index contributed by atoms with van der Waals surface area (Å²) < 4.78 is 5.99. The molecular weight excluding hydrogens is 386 g/mol. The number of ketones is 1. The molecule has 1 heterocycles. The highest BCUT2D eigenvalue weighted by Crippen LogP contribution is 2.32. The number of aromatic amines is 1. The maximum absolute atomic E-state index is 13.1. The molecule has 0 unspecified atom stereocenters. The third-order valence-electron chi connectivity index (χ3n) is 4.64. The second-order valence-corrected chi connectivity index (χ2v) is 7.13. The number of benzene rings is 3. The molecule has 0 amide bonds. The molecule has 0 saturated heterocycles. The number of nitrogens with two attached hydrogens (primary N) is 1. The van der Waals surface area contributed by atoms with E-state index in [1.807, 2.05) is 31.2 Å². The van der Waals surface area contributed by atoms with Gasteiger partial charge in [-0.3, -0.25) is 4.79 Å². The van der Waals surface area contributed by atoms with Crippen molar-refractivity contribution >= 4 is 34.0 Å². The maximum atomic E-state index is 13.1. The summed E-state index contributed by atoms with van der Waals surface area (Å²) in [6.07, 6.45) is 0. The fourth-order valence-electron chi connectivity index (χ4n) is 3.11. The number of aromatic nitrogens is 1. The number of carbonyl (C=O) groups is 1. The molecule has 0 aliphatic carbocycles. The van der Waals surface area contributed by atoms with Crippen LogP contribution in [0.2, 0.25) is 5.02 Å². The fraction of sp³-hybridized carbons (Fsp3) is 0.0435. The van der Waals surface area contributed by atoms with Gasteiger partial charge in [0.2, 0.25) is 0 Å². The number of nitrogen functional groups attached to an aromatic ring is 1. The summed E-state index contributed by atoms with van der Waals surface area (Å²) in [7, 11) is 0. The molecule has 0 aliphatic rings. The Hall–Kier alpha value is -3.75. The summed E-state index contributed by atoms with van der Waals surface area (Å²) in [6.45, 7) is 1.94. The van der Waals surface area contributed by atoms with Crippen molar-refractivity contribution in [1.29, 1.82) is 5.26 Å².